The molecule has 1 aliphatic heterocycles. The highest BCUT2D eigenvalue weighted by Crippen LogP contribution is 2.27. The average Bonchev–Trinajstić information content (AvgIpc) is 3.07. The molecule has 0 bridgehead atoms. The molecule has 0 radical (unpaired) electrons. The first-order valence-electron chi connectivity index (χ1n) is 8.04. The highest BCUT2D eigenvalue weighted by Gasteiger charge is 2.31. The number of ether oxygens (including phenoxy) is 1. The Hall–Kier alpha value is -1.51. The largest absolute Gasteiger partial charge is 0.474 e. The number of rotatable bonds is 5. The van der Waals surface area contributed by atoms with E-state index >= 15 is 0 Å². The molecule has 8 heteroatoms. The summed E-state index contributed by atoms with van der Waals surface area (Å²) in [4.78, 5) is 8.40. The first-order valence-corrected chi connectivity index (χ1v) is 10.3. The highest BCUT2D eigenvalue weighted by atomic mass is 32.2. The molecule has 0 aliphatic carbocycles. The first kappa shape index (κ1) is 17.3. The Morgan fingerprint density at radius 2 is 2.08 bits per heavy atom. The number of aromatic nitrogens is 2. The molecule has 24 heavy (non-hydrogen) atoms. The van der Waals surface area contributed by atoms with Crippen LogP contribution >= 0.6 is 11.3 Å². The third kappa shape index (κ3) is 3.60. The van der Waals surface area contributed by atoms with Crippen molar-refractivity contribution in [3.8, 4) is 5.88 Å². The van der Waals surface area contributed by atoms with Crippen LogP contribution < -0.4 is 4.74 Å². The lowest BCUT2D eigenvalue weighted by Crippen LogP contribution is -2.41. The van der Waals surface area contributed by atoms with Gasteiger partial charge in [-0.3, -0.25) is 0 Å². The minimum atomic E-state index is -3.44. The zero-order valence-electron chi connectivity index (χ0n) is 13.8. The lowest BCUT2D eigenvalue weighted by atomic mass is 10.1. The fourth-order valence-corrected chi connectivity index (χ4v) is 5.39. The summed E-state index contributed by atoms with van der Waals surface area (Å²) in [6.07, 6.45) is 5.25. The van der Waals surface area contributed by atoms with E-state index in [0.717, 1.165) is 17.0 Å². The fraction of sp³-hybridized carbons (Fsp3) is 0.500. The summed E-state index contributed by atoms with van der Waals surface area (Å²) in [6.45, 7) is 4.84. The second kappa shape index (κ2) is 7.16. The van der Waals surface area contributed by atoms with Gasteiger partial charge in [0, 0.05) is 24.8 Å². The predicted octanol–water partition coefficient (Wildman–Crippen LogP) is 2.64. The molecular formula is C16H21N3O3S2. The molecule has 1 saturated heterocycles. The molecule has 2 aromatic heterocycles. The van der Waals surface area contributed by atoms with Gasteiger partial charge in [-0.15, -0.1) is 11.3 Å². The molecule has 0 N–H and O–H groups in total. The van der Waals surface area contributed by atoms with Crippen LogP contribution in [0.25, 0.3) is 0 Å². The second-order valence-corrected chi connectivity index (χ2v) is 9.05. The van der Waals surface area contributed by atoms with Crippen molar-refractivity contribution in [1.82, 2.24) is 14.3 Å². The van der Waals surface area contributed by atoms with E-state index in [-0.39, 0.29) is 6.10 Å². The Morgan fingerprint density at radius 1 is 1.33 bits per heavy atom. The zero-order chi connectivity index (χ0) is 17.2. The predicted molar refractivity (Wildman–Crippen MR) is 92.9 cm³/mol. The molecular weight excluding hydrogens is 346 g/mol. The number of pyridine rings is 1. The van der Waals surface area contributed by atoms with E-state index in [1.54, 1.807) is 6.20 Å². The molecule has 6 nitrogen and oxygen atoms in total. The second-order valence-electron chi connectivity index (χ2n) is 5.77. The highest BCUT2D eigenvalue weighted by molar-refractivity contribution is 7.91. The van der Waals surface area contributed by atoms with Gasteiger partial charge in [-0.1, -0.05) is 13.0 Å². The SMILES string of the molecule is CCc1ncc(S(=O)(=O)N2CCC(Oc3ncccc3C)CC2)s1. The molecule has 0 saturated carbocycles. The van der Waals surface area contributed by atoms with Gasteiger partial charge in [-0.05, 0) is 32.3 Å². The average molecular weight is 367 g/mol. The molecule has 0 unspecified atom stereocenters. The maximum atomic E-state index is 12.7. The number of thiazole rings is 1. The van der Waals surface area contributed by atoms with Gasteiger partial charge < -0.3 is 4.74 Å². The third-order valence-corrected chi connectivity index (χ3v) is 7.55. The van der Waals surface area contributed by atoms with Gasteiger partial charge in [0.15, 0.2) is 4.21 Å². The van der Waals surface area contributed by atoms with E-state index in [9.17, 15) is 8.42 Å². The molecule has 0 atom stereocenters. The Bertz CT molecular complexity index is 796. The Morgan fingerprint density at radius 3 is 2.71 bits per heavy atom. The van der Waals surface area contributed by atoms with Crippen LogP contribution in [0.15, 0.2) is 28.7 Å². The van der Waals surface area contributed by atoms with Gasteiger partial charge >= 0.3 is 0 Å². The van der Waals surface area contributed by atoms with Crippen molar-refractivity contribution in [2.45, 2.75) is 43.4 Å². The third-order valence-electron chi connectivity index (χ3n) is 4.07. The van der Waals surface area contributed by atoms with Gasteiger partial charge in [-0.2, -0.15) is 4.31 Å². The topological polar surface area (TPSA) is 72.4 Å². The number of nitrogens with zero attached hydrogens (tertiary/aromatic N) is 3. The van der Waals surface area contributed by atoms with E-state index < -0.39 is 10.0 Å². The summed E-state index contributed by atoms with van der Waals surface area (Å²) in [5.41, 5.74) is 0.990. The molecule has 130 valence electrons. The molecule has 0 amide bonds. The van der Waals surface area contributed by atoms with Crippen LogP contribution in [0.2, 0.25) is 0 Å². The maximum absolute atomic E-state index is 12.7. The van der Waals surface area contributed by atoms with Crippen LogP contribution in [-0.2, 0) is 16.4 Å². The number of sulfonamides is 1. The van der Waals surface area contributed by atoms with Crippen molar-refractivity contribution in [2.24, 2.45) is 0 Å². The molecule has 0 aromatic carbocycles. The smallest absolute Gasteiger partial charge is 0.254 e. The normalized spacial score (nSPS) is 17.1. The van der Waals surface area contributed by atoms with Crippen molar-refractivity contribution in [2.75, 3.05) is 13.1 Å². The van der Waals surface area contributed by atoms with Crippen LogP contribution in [0.1, 0.15) is 30.3 Å². The van der Waals surface area contributed by atoms with Gasteiger partial charge in [0.1, 0.15) is 6.10 Å². The molecule has 0 spiro atoms. The molecule has 2 aromatic rings. The number of hydrogen-bond acceptors (Lipinski definition) is 6. The Labute approximate surface area is 146 Å². The summed E-state index contributed by atoms with van der Waals surface area (Å²) in [7, 11) is -3.44. The van der Waals surface area contributed by atoms with Gasteiger partial charge in [0.05, 0.1) is 11.2 Å². The van der Waals surface area contributed by atoms with Crippen molar-refractivity contribution in [3.63, 3.8) is 0 Å². The summed E-state index contributed by atoms with van der Waals surface area (Å²) < 4.78 is 33.2. The minimum Gasteiger partial charge on any atom is -0.474 e. The lowest BCUT2D eigenvalue weighted by molar-refractivity contribution is 0.129. The zero-order valence-corrected chi connectivity index (χ0v) is 15.4. The standard InChI is InChI=1S/C16H21N3O3S2/c1-3-14-18-11-15(23-14)24(20,21)19-9-6-13(7-10-19)22-16-12(2)5-4-8-17-16/h4-5,8,11,13H,3,6-7,9-10H2,1-2H3. The van der Waals surface area contributed by atoms with E-state index in [0.29, 0.717) is 36.0 Å². The number of hydrogen-bond donors (Lipinski definition) is 0. The van der Waals surface area contributed by atoms with Crippen molar-refractivity contribution in [1.29, 1.82) is 0 Å². The summed E-state index contributed by atoms with van der Waals surface area (Å²) in [5, 5.41) is 0.845. The quantitative estimate of drug-likeness (QED) is 0.812. The van der Waals surface area contributed by atoms with Crippen molar-refractivity contribution in [3.05, 3.63) is 35.1 Å². The van der Waals surface area contributed by atoms with E-state index in [4.69, 9.17) is 4.74 Å². The summed E-state index contributed by atoms with van der Waals surface area (Å²) in [6, 6.07) is 3.83. The van der Waals surface area contributed by atoms with Crippen LogP contribution in [0.3, 0.4) is 0 Å². The maximum Gasteiger partial charge on any atom is 0.254 e. The summed E-state index contributed by atoms with van der Waals surface area (Å²) in [5.74, 6) is 0.633. The lowest BCUT2D eigenvalue weighted by Gasteiger charge is -2.30. The molecule has 3 rings (SSSR count). The van der Waals surface area contributed by atoms with Gasteiger partial charge in [-0.25, -0.2) is 18.4 Å². The van der Waals surface area contributed by atoms with E-state index in [1.165, 1.54) is 21.8 Å². The number of piperidine rings is 1. The van der Waals surface area contributed by atoms with E-state index in [2.05, 4.69) is 9.97 Å². The summed E-state index contributed by atoms with van der Waals surface area (Å²) >= 11 is 1.26. The van der Waals surface area contributed by atoms with Gasteiger partial charge in [0.2, 0.25) is 5.88 Å². The molecule has 1 fully saturated rings. The Kier molecular flexibility index (Phi) is 5.17. The fourth-order valence-electron chi connectivity index (χ4n) is 2.65. The van der Waals surface area contributed by atoms with Crippen LogP contribution in [0.5, 0.6) is 5.88 Å². The molecule has 3 heterocycles. The Balaban J connectivity index is 1.63. The molecule has 1 aliphatic rings. The van der Waals surface area contributed by atoms with Crippen LogP contribution in [-0.4, -0.2) is 41.9 Å². The van der Waals surface area contributed by atoms with Crippen molar-refractivity contribution < 1.29 is 13.2 Å². The monoisotopic (exact) mass is 367 g/mol. The van der Waals surface area contributed by atoms with Crippen LogP contribution in [0.4, 0.5) is 0 Å². The van der Waals surface area contributed by atoms with E-state index in [1.807, 2.05) is 26.0 Å². The van der Waals surface area contributed by atoms with Crippen molar-refractivity contribution >= 4 is 21.4 Å². The number of aryl methyl sites for hydroxylation is 2. The van der Waals surface area contributed by atoms with Gasteiger partial charge in [0.25, 0.3) is 10.0 Å². The van der Waals surface area contributed by atoms with Crippen LogP contribution in [0, 0.1) is 6.92 Å². The first-order chi connectivity index (χ1) is 11.5. The minimum absolute atomic E-state index is 0.00212.